The molecule has 190 valence electrons. The molecule has 0 spiro atoms. The van der Waals surface area contributed by atoms with Gasteiger partial charge in [0.05, 0.1) is 67.3 Å². The molecule has 0 atom stereocenters. The quantitative estimate of drug-likeness (QED) is 0.319. The summed E-state index contributed by atoms with van der Waals surface area (Å²) in [6.07, 6.45) is 5.55. The predicted molar refractivity (Wildman–Crippen MR) is 135 cm³/mol. The monoisotopic (exact) mass is 474 g/mol. The van der Waals surface area contributed by atoms with Crippen molar-refractivity contribution in [3.63, 3.8) is 0 Å². The van der Waals surface area contributed by atoms with Gasteiger partial charge in [-0.2, -0.15) is 0 Å². The molecule has 2 rings (SSSR count). The van der Waals surface area contributed by atoms with E-state index in [0.29, 0.717) is 11.4 Å². The number of rotatable bonds is 9. The Kier molecular flexibility index (Phi) is 13.6. The zero-order valence-electron chi connectivity index (χ0n) is 21.5. The molecule has 0 unspecified atom stereocenters. The average Bonchev–Trinajstić information content (AvgIpc) is 2.71. The Morgan fingerprint density at radius 3 is 1.06 bits per heavy atom. The van der Waals surface area contributed by atoms with Crippen molar-refractivity contribution in [3.05, 3.63) is 59.7 Å². The summed E-state index contributed by atoms with van der Waals surface area (Å²) in [5, 5.41) is 20.3. The van der Waals surface area contributed by atoms with E-state index in [4.69, 9.17) is 11.5 Å². The predicted octanol–water partition coefficient (Wildman–Crippen LogP) is 1.22. The van der Waals surface area contributed by atoms with E-state index >= 15 is 0 Å². The van der Waals surface area contributed by atoms with E-state index in [1.807, 2.05) is 0 Å². The van der Waals surface area contributed by atoms with Crippen LogP contribution in [0.2, 0.25) is 0 Å². The summed E-state index contributed by atoms with van der Waals surface area (Å²) < 4.78 is 2.21. The van der Waals surface area contributed by atoms with Gasteiger partial charge in [0.2, 0.25) is 0 Å². The standard InChI is InChI=1S/C12H30N2.2C7H7NO2/c1-13(2,3)11-9-7-8-10-12-14(4,5)6;2*8-6-3-1-5(2-4-6)7(9)10/h7-12H2,1-6H3;2*1-4H,8H2,(H,9,10)/q+2;;/p-2. The van der Waals surface area contributed by atoms with E-state index in [-0.39, 0.29) is 11.1 Å². The lowest BCUT2D eigenvalue weighted by Gasteiger charge is -2.25. The summed E-state index contributed by atoms with van der Waals surface area (Å²) in [5.41, 5.74) is 12.0. The van der Waals surface area contributed by atoms with E-state index in [1.54, 1.807) is 0 Å². The minimum absolute atomic E-state index is 0.147. The highest BCUT2D eigenvalue weighted by atomic mass is 16.4. The van der Waals surface area contributed by atoms with Gasteiger partial charge in [0.25, 0.3) is 0 Å². The van der Waals surface area contributed by atoms with E-state index in [2.05, 4.69) is 42.3 Å². The van der Waals surface area contributed by atoms with E-state index in [1.165, 1.54) is 87.3 Å². The van der Waals surface area contributed by atoms with E-state index < -0.39 is 11.9 Å². The van der Waals surface area contributed by atoms with Crippen LogP contribution in [0.25, 0.3) is 0 Å². The molecule has 0 fully saturated rings. The van der Waals surface area contributed by atoms with Gasteiger partial charge in [-0.1, -0.05) is 24.3 Å². The maximum atomic E-state index is 10.2. The highest BCUT2D eigenvalue weighted by Crippen LogP contribution is 2.06. The Labute approximate surface area is 204 Å². The molecule has 0 aliphatic rings. The lowest BCUT2D eigenvalue weighted by atomic mass is 10.1. The van der Waals surface area contributed by atoms with Crippen LogP contribution in [0.1, 0.15) is 46.4 Å². The molecule has 2 aromatic carbocycles. The van der Waals surface area contributed by atoms with Gasteiger partial charge < -0.3 is 40.2 Å². The number of nitrogens with zero attached hydrogens (tertiary/aromatic N) is 2. The topological polar surface area (TPSA) is 132 Å². The summed E-state index contributed by atoms with van der Waals surface area (Å²) in [7, 11) is 13.6. The van der Waals surface area contributed by atoms with Gasteiger partial charge in [-0.15, -0.1) is 0 Å². The van der Waals surface area contributed by atoms with Crippen molar-refractivity contribution in [3.8, 4) is 0 Å². The summed E-state index contributed by atoms with van der Waals surface area (Å²) in [5.74, 6) is -2.36. The first kappa shape index (κ1) is 30.9. The van der Waals surface area contributed by atoms with Gasteiger partial charge in [0.15, 0.2) is 0 Å². The van der Waals surface area contributed by atoms with Crippen molar-refractivity contribution < 1.29 is 28.8 Å². The molecule has 0 aliphatic heterocycles. The van der Waals surface area contributed by atoms with Gasteiger partial charge in [-0.3, -0.25) is 0 Å². The van der Waals surface area contributed by atoms with Crippen LogP contribution in [0.3, 0.4) is 0 Å². The number of quaternary nitrogens is 2. The molecule has 0 saturated heterocycles. The smallest absolute Gasteiger partial charge is 0.0780 e. The fraction of sp³-hybridized carbons (Fsp3) is 0.462. The van der Waals surface area contributed by atoms with Crippen LogP contribution in [0.5, 0.6) is 0 Å². The highest BCUT2D eigenvalue weighted by molar-refractivity contribution is 5.86. The maximum absolute atomic E-state index is 10.2. The molecule has 8 heteroatoms. The largest absolute Gasteiger partial charge is 0.545 e. The Morgan fingerprint density at radius 2 is 0.853 bits per heavy atom. The average molecular weight is 475 g/mol. The van der Waals surface area contributed by atoms with Crippen LogP contribution in [-0.2, 0) is 0 Å². The second kappa shape index (κ2) is 14.9. The molecular weight excluding hydrogens is 432 g/mol. The lowest BCUT2D eigenvalue weighted by molar-refractivity contribution is -0.871. The zero-order chi connectivity index (χ0) is 26.4. The number of carbonyl (C=O) groups is 2. The van der Waals surface area contributed by atoms with E-state index in [9.17, 15) is 19.8 Å². The van der Waals surface area contributed by atoms with Crippen LogP contribution < -0.4 is 21.7 Å². The first-order valence-corrected chi connectivity index (χ1v) is 11.4. The van der Waals surface area contributed by atoms with Crippen molar-refractivity contribution in [1.82, 2.24) is 0 Å². The summed E-state index contributed by atoms with van der Waals surface area (Å²) in [6, 6.07) is 11.7. The number of aromatic carboxylic acids is 2. The molecule has 0 bridgehead atoms. The first-order valence-electron chi connectivity index (χ1n) is 11.4. The fourth-order valence-corrected chi connectivity index (χ4v) is 2.76. The van der Waals surface area contributed by atoms with Crippen molar-refractivity contribution in [1.29, 1.82) is 0 Å². The van der Waals surface area contributed by atoms with Crippen LogP contribution >= 0.6 is 0 Å². The Morgan fingerprint density at radius 1 is 0.588 bits per heavy atom. The fourth-order valence-electron chi connectivity index (χ4n) is 2.76. The molecule has 0 aliphatic carbocycles. The van der Waals surface area contributed by atoms with Crippen molar-refractivity contribution >= 4 is 23.3 Å². The molecule has 0 saturated carbocycles. The Hall–Kier alpha value is -3.10. The van der Waals surface area contributed by atoms with Crippen molar-refractivity contribution in [2.24, 2.45) is 0 Å². The number of anilines is 2. The number of benzene rings is 2. The van der Waals surface area contributed by atoms with Gasteiger partial charge >= 0.3 is 0 Å². The van der Waals surface area contributed by atoms with Crippen molar-refractivity contribution in [2.45, 2.75) is 25.7 Å². The number of hydrogen-bond donors (Lipinski definition) is 2. The number of nitrogens with two attached hydrogens (primary N) is 2. The van der Waals surface area contributed by atoms with E-state index in [0.717, 1.165) is 8.97 Å². The number of carboxylic acid groups (broad SMARTS) is 2. The molecular formula is C26H42N4O4. The second-order valence-electron chi connectivity index (χ2n) is 10.3. The number of carbonyl (C=O) groups excluding carboxylic acids is 2. The normalized spacial score (nSPS) is 10.9. The molecule has 4 N–H and O–H groups in total. The number of unbranched alkanes of at least 4 members (excludes halogenated alkanes) is 3. The minimum atomic E-state index is -1.18. The zero-order valence-corrected chi connectivity index (χ0v) is 21.5. The number of hydrogen-bond acceptors (Lipinski definition) is 6. The highest BCUT2D eigenvalue weighted by Gasteiger charge is 2.07. The molecule has 2 aromatic rings. The molecule has 8 nitrogen and oxygen atoms in total. The SMILES string of the molecule is C[N+](C)(C)CCCCCC[N+](C)(C)C.Nc1ccc(C(=O)[O-])cc1.Nc1ccc(C(=O)[O-])cc1. The first-order chi connectivity index (χ1) is 15.6. The van der Waals surface area contributed by atoms with Crippen LogP contribution in [0, 0.1) is 0 Å². The Balaban J connectivity index is 0.000000489. The third kappa shape index (κ3) is 17.5. The summed E-state index contributed by atoms with van der Waals surface area (Å²) >= 11 is 0. The molecule has 34 heavy (non-hydrogen) atoms. The molecule has 0 radical (unpaired) electrons. The van der Waals surface area contributed by atoms with Crippen LogP contribution in [0.15, 0.2) is 48.5 Å². The van der Waals surface area contributed by atoms with Gasteiger partial charge in [0.1, 0.15) is 0 Å². The summed E-state index contributed by atoms with van der Waals surface area (Å²) in [6.45, 7) is 2.62. The maximum Gasteiger partial charge on any atom is 0.0780 e. The lowest BCUT2D eigenvalue weighted by Crippen LogP contribution is -2.35. The minimum Gasteiger partial charge on any atom is -0.545 e. The van der Waals surface area contributed by atoms with Gasteiger partial charge in [-0.05, 0) is 61.1 Å². The molecule has 0 aromatic heterocycles. The third-order valence-electron chi connectivity index (χ3n) is 4.70. The number of carboxylic acids is 2. The van der Waals surface area contributed by atoms with Gasteiger partial charge in [0, 0.05) is 11.4 Å². The van der Waals surface area contributed by atoms with Crippen LogP contribution in [-0.4, -0.2) is 76.3 Å². The molecule has 0 heterocycles. The van der Waals surface area contributed by atoms with Crippen LogP contribution in [0.4, 0.5) is 11.4 Å². The summed E-state index contributed by atoms with van der Waals surface area (Å²) in [4.78, 5) is 20.3. The van der Waals surface area contributed by atoms with Crippen molar-refractivity contribution in [2.75, 3.05) is 66.8 Å². The second-order valence-corrected chi connectivity index (χ2v) is 10.3. The molecule has 0 amide bonds. The number of nitrogen functional groups attached to an aromatic ring is 2. The van der Waals surface area contributed by atoms with Gasteiger partial charge in [-0.25, -0.2) is 0 Å². The Bertz CT molecular complexity index is 779. The third-order valence-corrected chi connectivity index (χ3v) is 4.70.